The molecule has 0 aliphatic carbocycles. The largest absolute Gasteiger partial charge is 0.458 e. The molecule has 0 saturated heterocycles. The van der Waals surface area contributed by atoms with E-state index in [0.717, 1.165) is 12.1 Å². The highest BCUT2D eigenvalue weighted by atomic mass is 16.5. The molecular formula is C26H30O8. The van der Waals surface area contributed by atoms with Gasteiger partial charge in [0.1, 0.15) is 26.4 Å². The molecule has 1 aromatic rings. The molecule has 0 amide bonds. The van der Waals surface area contributed by atoms with Crippen molar-refractivity contribution < 1.29 is 38.1 Å². The van der Waals surface area contributed by atoms with Crippen molar-refractivity contribution in [3.63, 3.8) is 0 Å². The second-order valence-electron chi connectivity index (χ2n) is 8.08. The Bertz CT molecular complexity index is 883. The molecule has 1 rings (SSSR count). The van der Waals surface area contributed by atoms with Crippen molar-refractivity contribution in [3.05, 3.63) is 83.0 Å². The van der Waals surface area contributed by atoms with Crippen LogP contribution >= 0.6 is 0 Å². The molecular weight excluding hydrogens is 440 g/mol. The summed E-state index contributed by atoms with van der Waals surface area (Å²) in [7, 11) is 0. The minimum atomic E-state index is -0.916. The van der Waals surface area contributed by atoms with Crippen molar-refractivity contribution >= 4 is 23.9 Å². The lowest BCUT2D eigenvalue weighted by atomic mass is 9.97. The summed E-state index contributed by atoms with van der Waals surface area (Å²) >= 11 is 0. The highest BCUT2D eigenvalue weighted by molar-refractivity contribution is 6.10. The first kappa shape index (κ1) is 28.1. The molecule has 0 spiro atoms. The molecule has 182 valence electrons. The van der Waals surface area contributed by atoms with Crippen LogP contribution in [0.5, 0.6) is 0 Å². The Morgan fingerprint density at radius 2 is 0.676 bits per heavy atom. The number of rotatable bonds is 12. The number of carbonyl (C=O) groups is 4. The Kier molecular flexibility index (Phi) is 10.7. The fraction of sp³-hybridized carbons (Fsp3) is 0.308. The summed E-state index contributed by atoms with van der Waals surface area (Å²) in [6.07, 6.45) is 0. The molecule has 0 atom stereocenters. The van der Waals surface area contributed by atoms with E-state index in [9.17, 15) is 19.2 Å². The predicted octanol–water partition coefficient (Wildman–Crippen LogP) is 4.62. The molecule has 0 saturated carbocycles. The zero-order chi connectivity index (χ0) is 26.0. The third-order valence-corrected chi connectivity index (χ3v) is 3.84. The van der Waals surface area contributed by atoms with Gasteiger partial charge in [0.15, 0.2) is 0 Å². The third kappa shape index (κ3) is 8.90. The Hall–Kier alpha value is -3.94. The molecule has 0 heterocycles. The van der Waals surface area contributed by atoms with Crippen molar-refractivity contribution in [1.82, 2.24) is 0 Å². The van der Waals surface area contributed by atoms with E-state index < -0.39 is 23.9 Å². The number of hydrogen-bond donors (Lipinski definition) is 0. The lowest BCUT2D eigenvalue weighted by Gasteiger charge is -2.15. The van der Waals surface area contributed by atoms with Crippen molar-refractivity contribution in [3.8, 4) is 0 Å². The summed E-state index contributed by atoms with van der Waals surface area (Å²) < 4.78 is 20.6. The number of benzene rings is 1. The van der Waals surface area contributed by atoms with Gasteiger partial charge in [0.05, 0.1) is 22.3 Å². The molecule has 8 heteroatoms. The van der Waals surface area contributed by atoms with Gasteiger partial charge >= 0.3 is 23.9 Å². The van der Waals surface area contributed by atoms with Gasteiger partial charge in [0.2, 0.25) is 0 Å². The van der Waals surface area contributed by atoms with E-state index in [1.165, 1.54) is 0 Å². The number of esters is 4. The van der Waals surface area contributed by atoms with Gasteiger partial charge in [-0.1, -0.05) is 26.3 Å². The standard InChI is InChI=1S/C26H30O8/c1-15(2)11-31-23(27)19-9-21(25(29)33-13-17(5)6)22(26(30)34-14-18(7)8)10-20(19)24(28)32-12-16(3)4/h9-10H,1,3,5,7,11-14H2,2,4,6,8H3. The maximum absolute atomic E-state index is 12.8. The maximum atomic E-state index is 12.8. The first-order valence-corrected chi connectivity index (χ1v) is 10.3. The van der Waals surface area contributed by atoms with E-state index in [-0.39, 0.29) is 48.7 Å². The normalized spacial score (nSPS) is 10.0. The van der Waals surface area contributed by atoms with E-state index >= 15 is 0 Å². The van der Waals surface area contributed by atoms with Crippen LogP contribution in [-0.2, 0) is 18.9 Å². The summed E-state index contributed by atoms with van der Waals surface area (Å²) in [5.74, 6) is -3.66. The van der Waals surface area contributed by atoms with Gasteiger partial charge in [-0.3, -0.25) is 0 Å². The minimum absolute atomic E-state index is 0.114. The number of hydrogen-bond acceptors (Lipinski definition) is 8. The van der Waals surface area contributed by atoms with Crippen LogP contribution in [0.4, 0.5) is 0 Å². The number of ether oxygens (including phenoxy) is 4. The summed E-state index contributed by atoms with van der Waals surface area (Å²) in [5.41, 5.74) is 1.08. The van der Waals surface area contributed by atoms with Gasteiger partial charge in [-0.05, 0) is 62.1 Å². The zero-order valence-electron chi connectivity index (χ0n) is 20.1. The topological polar surface area (TPSA) is 105 Å². The molecule has 34 heavy (non-hydrogen) atoms. The zero-order valence-corrected chi connectivity index (χ0v) is 20.1. The summed E-state index contributed by atoms with van der Waals surface area (Å²) in [5, 5.41) is 0. The molecule has 0 aliphatic heterocycles. The molecule has 0 unspecified atom stereocenters. The monoisotopic (exact) mass is 470 g/mol. The van der Waals surface area contributed by atoms with Crippen LogP contribution in [0.3, 0.4) is 0 Å². The van der Waals surface area contributed by atoms with Crippen molar-refractivity contribution in [1.29, 1.82) is 0 Å². The van der Waals surface area contributed by atoms with Crippen molar-refractivity contribution in [2.75, 3.05) is 26.4 Å². The third-order valence-electron chi connectivity index (χ3n) is 3.84. The maximum Gasteiger partial charge on any atom is 0.339 e. The van der Waals surface area contributed by atoms with Gasteiger partial charge in [-0.2, -0.15) is 0 Å². The molecule has 0 aliphatic rings. The lowest BCUT2D eigenvalue weighted by molar-refractivity contribution is 0.0478. The second kappa shape index (κ2) is 12.9. The van der Waals surface area contributed by atoms with E-state index in [1.54, 1.807) is 27.7 Å². The van der Waals surface area contributed by atoms with Crippen LogP contribution in [0.1, 0.15) is 69.1 Å². The molecule has 0 N–H and O–H groups in total. The van der Waals surface area contributed by atoms with Gasteiger partial charge in [-0.25, -0.2) is 19.2 Å². The number of carbonyl (C=O) groups excluding carboxylic acids is 4. The van der Waals surface area contributed by atoms with Crippen LogP contribution in [-0.4, -0.2) is 50.3 Å². The van der Waals surface area contributed by atoms with Crippen molar-refractivity contribution in [2.24, 2.45) is 0 Å². The molecule has 0 bridgehead atoms. The average molecular weight is 471 g/mol. The fourth-order valence-electron chi connectivity index (χ4n) is 2.34. The van der Waals surface area contributed by atoms with Crippen LogP contribution in [0.2, 0.25) is 0 Å². The smallest absolute Gasteiger partial charge is 0.339 e. The summed E-state index contributed by atoms with van der Waals surface area (Å²) in [6, 6.07) is 2.10. The molecule has 1 aromatic carbocycles. The fourth-order valence-corrected chi connectivity index (χ4v) is 2.34. The van der Waals surface area contributed by atoms with Gasteiger partial charge in [-0.15, -0.1) is 0 Å². The summed E-state index contributed by atoms with van der Waals surface area (Å²) in [4.78, 5) is 51.1. The lowest BCUT2D eigenvalue weighted by Crippen LogP contribution is -2.21. The molecule has 0 radical (unpaired) electrons. The van der Waals surface area contributed by atoms with E-state index in [0.29, 0.717) is 22.3 Å². The first-order valence-electron chi connectivity index (χ1n) is 10.3. The Balaban J connectivity index is 3.64. The molecule has 0 aromatic heterocycles. The average Bonchev–Trinajstić information content (AvgIpc) is 2.76. The molecule has 0 fully saturated rings. The van der Waals surface area contributed by atoms with Crippen LogP contribution in [0.15, 0.2) is 60.7 Å². The highest BCUT2D eigenvalue weighted by Crippen LogP contribution is 2.23. The van der Waals surface area contributed by atoms with Crippen LogP contribution < -0.4 is 0 Å². The Morgan fingerprint density at radius 1 is 0.500 bits per heavy atom. The summed E-state index contributed by atoms with van der Waals surface area (Å²) in [6.45, 7) is 20.8. The van der Waals surface area contributed by atoms with E-state index in [2.05, 4.69) is 26.3 Å². The SMILES string of the molecule is C=C(C)COC(=O)c1cc(C(=O)OCC(=C)C)c(C(=O)OCC(=C)C)cc1C(=O)OCC(=C)C. The van der Waals surface area contributed by atoms with Gasteiger partial charge in [0.25, 0.3) is 0 Å². The van der Waals surface area contributed by atoms with E-state index in [4.69, 9.17) is 18.9 Å². The van der Waals surface area contributed by atoms with E-state index in [1.807, 2.05) is 0 Å². The van der Waals surface area contributed by atoms with Gasteiger partial charge in [0, 0.05) is 0 Å². The Labute approximate surface area is 199 Å². The van der Waals surface area contributed by atoms with Crippen LogP contribution in [0, 0.1) is 0 Å². The molecule has 8 nitrogen and oxygen atoms in total. The predicted molar refractivity (Wildman–Crippen MR) is 127 cm³/mol. The first-order chi connectivity index (χ1) is 15.8. The highest BCUT2D eigenvalue weighted by Gasteiger charge is 2.29. The van der Waals surface area contributed by atoms with Crippen molar-refractivity contribution in [2.45, 2.75) is 27.7 Å². The Morgan fingerprint density at radius 3 is 0.824 bits per heavy atom. The quantitative estimate of drug-likeness (QED) is 0.248. The minimum Gasteiger partial charge on any atom is -0.458 e. The van der Waals surface area contributed by atoms with Crippen LogP contribution in [0.25, 0.3) is 0 Å². The second-order valence-corrected chi connectivity index (χ2v) is 8.08. The van der Waals surface area contributed by atoms with Gasteiger partial charge < -0.3 is 18.9 Å².